The van der Waals surface area contributed by atoms with Gasteiger partial charge in [-0.3, -0.25) is 4.79 Å². The van der Waals surface area contributed by atoms with E-state index < -0.39 is 5.97 Å². The molecule has 6 heteroatoms. The first-order chi connectivity index (χ1) is 9.51. The maximum Gasteiger partial charge on any atom is 0.340 e. The second-order valence-corrected chi connectivity index (χ2v) is 5.75. The van der Waals surface area contributed by atoms with E-state index in [0.29, 0.717) is 21.2 Å². The molecule has 0 aliphatic carbocycles. The standard InChI is InChI=1S/C14H12ClNO3S/c1-8-6-11(14(18)19-2)13(20-8)16-12(17)9-4-3-5-10(15)7-9/h3-7H,1-2H3,(H,16,17). The summed E-state index contributed by atoms with van der Waals surface area (Å²) < 4.78 is 4.69. The van der Waals surface area contributed by atoms with Gasteiger partial charge in [0.15, 0.2) is 0 Å². The van der Waals surface area contributed by atoms with Gasteiger partial charge < -0.3 is 10.1 Å². The molecule has 0 saturated carbocycles. The van der Waals surface area contributed by atoms with E-state index in [1.54, 1.807) is 30.3 Å². The van der Waals surface area contributed by atoms with Crippen LogP contribution in [0, 0.1) is 6.92 Å². The number of hydrogen-bond donors (Lipinski definition) is 1. The van der Waals surface area contributed by atoms with Crippen LogP contribution in [0.25, 0.3) is 0 Å². The summed E-state index contributed by atoms with van der Waals surface area (Å²) in [7, 11) is 1.30. The Morgan fingerprint density at radius 1 is 1.30 bits per heavy atom. The van der Waals surface area contributed by atoms with Crippen LogP contribution in [-0.4, -0.2) is 19.0 Å². The fraction of sp³-hybridized carbons (Fsp3) is 0.143. The van der Waals surface area contributed by atoms with E-state index in [1.807, 2.05) is 6.92 Å². The number of amides is 1. The van der Waals surface area contributed by atoms with Crippen LogP contribution < -0.4 is 5.32 Å². The minimum absolute atomic E-state index is 0.320. The quantitative estimate of drug-likeness (QED) is 0.879. The first kappa shape index (κ1) is 14.6. The number of hydrogen-bond acceptors (Lipinski definition) is 4. The second kappa shape index (κ2) is 6.07. The van der Waals surface area contributed by atoms with Gasteiger partial charge in [-0.1, -0.05) is 17.7 Å². The van der Waals surface area contributed by atoms with Crippen molar-refractivity contribution in [2.75, 3.05) is 12.4 Å². The molecular formula is C14H12ClNO3S. The molecule has 1 aromatic heterocycles. The van der Waals surface area contributed by atoms with Crippen LogP contribution in [0.3, 0.4) is 0 Å². The number of nitrogens with one attached hydrogen (secondary N) is 1. The van der Waals surface area contributed by atoms with E-state index in [2.05, 4.69) is 5.32 Å². The van der Waals surface area contributed by atoms with E-state index >= 15 is 0 Å². The van der Waals surface area contributed by atoms with Crippen molar-refractivity contribution in [3.63, 3.8) is 0 Å². The van der Waals surface area contributed by atoms with Gasteiger partial charge in [-0.25, -0.2) is 4.79 Å². The van der Waals surface area contributed by atoms with Crippen LogP contribution in [0.4, 0.5) is 5.00 Å². The molecule has 0 atom stereocenters. The number of methoxy groups -OCH3 is 1. The van der Waals surface area contributed by atoms with Gasteiger partial charge in [0.1, 0.15) is 5.00 Å². The highest BCUT2D eigenvalue weighted by atomic mass is 35.5. The smallest absolute Gasteiger partial charge is 0.340 e. The molecule has 1 aromatic carbocycles. The van der Waals surface area contributed by atoms with E-state index in [9.17, 15) is 9.59 Å². The lowest BCUT2D eigenvalue weighted by Gasteiger charge is -2.05. The predicted octanol–water partition coefficient (Wildman–Crippen LogP) is 3.75. The van der Waals surface area contributed by atoms with Gasteiger partial charge in [0.25, 0.3) is 5.91 Å². The summed E-state index contributed by atoms with van der Waals surface area (Å²) in [6.45, 7) is 1.85. The number of esters is 1. The van der Waals surface area contributed by atoms with Crippen molar-refractivity contribution < 1.29 is 14.3 Å². The lowest BCUT2D eigenvalue weighted by molar-refractivity contribution is 0.0602. The fourth-order valence-electron chi connectivity index (χ4n) is 1.67. The molecule has 0 radical (unpaired) electrons. The summed E-state index contributed by atoms with van der Waals surface area (Å²) in [5, 5.41) is 3.66. The topological polar surface area (TPSA) is 55.4 Å². The highest BCUT2D eigenvalue weighted by Gasteiger charge is 2.18. The van der Waals surface area contributed by atoms with Gasteiger partial charge in [-0.05, 0) is 31.2 Å². The molecule has 0 saturated heterocycles. The molecule has 0 aliphatic heterocycles. The third kappa shape index (κ3) is 3.18. The van der Waals surface area contributed by atoms with Crippen molar-refractivity contribution in [2.45, 2.75) is 6.92 Å². The average Bonchev–Trinajstić information content (AvgIpc) is 2.78. The zero-order chi connectivity index (χ0) is 14.7. The van der Waals surface area contributed by atoms with E-state index in [0.717, 1.165) is 4.88 Å². The first-order valence-electron chi connectivity index (χ1n) is 5.77. The molecule has 0 aliphatic rings. The number of carbonyl (C=O) groups excluding carboxylic acids is 2. The van der Waals surface area contributed by atoms with Crippen LogP contribution in [0.2, 0.25) is 5.02 Å². The van der Waals surface area contributed by atoms with Crippen molar-refractivity contribution in [2.24, 2.45) is 0 Å². The number of anilines is 1. The predicted molar refractivity (Wildman–Crippen MR) is 79.8 cm³/mol. The molecule has 0 fully saturated rings. The maximum absolute atomic E-state index is 12.1. The Morgan fingerprint density at radius 3 is 2.70 bits per heavy atom. The summed E-state index contributed by atoms with van der Waals surface area (Å²) >= 11 is 7.17. The van der Waals surface area contributed by atoms with Crippen LogP contribution >= 0.6 is 22.9 Å². The number of carbonyl (C=O) groups is 2. The van der Waals surface area contributed by atoms with Gasteiger partial charge in [-0.2, -0.15) is 0 Å². The Balaban J connectivity index is 2.26. The number of rotatable bonds is 3. The molecule has 104 valence electrons. The molecule has 0 bridgehead atoms. The second-order valence-electron chi connectivity index (χ2n) is 4.06. The Kier molecular flexibility index (Phi) is 4.42. The Hall–Kier alpha value is -1.85. The minimum atomic E-state index is -0.476. The molecule has 0 unspecified atom stereocenters. The summed E-state index contributed by atoms with van der Waals surface area (Å²) in [6.07, 6.45) is 0. The normalized spacial score (nSPS) is 10.2. The van der Waals surface area contributed by atoms with Crippen molar-refractivity contribution >= 4 is 39.8 Å². The Morgan fingerprint density at radius 2 is 2.05 bits per heavy atom. The number of halogens is 1. The lowest BCUT2D eigenvalue weighted by atomic mass is 10.2. The third-order valence-corrected chi connectivity index (χ3v) is 3.78. The molecule has 1 amide bonds. The summed E-state index contributed by atoms with van der Waals surface area (Å²) in [5.41, 5.74) is 0.782. The van der Waals surface area contributed by atoms with Gasteiger partial charge >= 0.3 is 5.97 Å². The summed E-state index contributed by atoms with van der Waals surface area (Å²) in [4.78, 5) is 24.7. The van der Waals surface area contributed by atoms with Gasteiger partial charge in [0.2, 0.25) is 0 Å². The fourth-order valence-corrected chi connectivity index (χ4v) is 2.76. The van der Waals surface area contributed by atoms with Crippen LogP contribution in [0.15, 0.2) is 30.3 Å². The zero-order valence-electron chi connectivity index (χ0n) is 10.9. The van der Waals surface area contributed by atoms with Crippen molar-refractivity contribution in [1.82, 2.24) is 0 Å². The van der Waals surface area contributed by atoms with Crippen LogP contribution in [-0.2, 0) is 4.74 Å². The molecule has 4 nitrogen and oxygen atoms in total. The minimum Gasteiger partial charge on any atom is -0.465 e. The molecule has 0 spiro atoms. The number of thiophene rings is 1. The van der Waals surface area contributed by atoms with Gasteiger partial charge in [0, 0.05) is 15.5 Å². The van der Waals surface area contributed by atoms with E-state index in [4.69, 9.17) is 16.3 Å². The van der Waals surface area contributed by atoms with Crippen LogP contribution in [0.5, 0.6) is 0 Å². The Labute approximate surface area is 125 Å². The SMILES string of the molecule is COC(=O)c1cc(C)sc1NC(=O)c1cccc(Cl)c1. The Bertz CT molecular complexity index is 666. The summed E-state index contributed by atoms with van der Waals surface area (Å²) in [5.74, 6) is -0.796. The average molecular weight is 310 g/mol. The van der Waals surface area contributed by atoms with Gasteiger partial charge in [-0.15, -0.1) is 11.3 Å². The highest BCUT2D eigenvalue weighted by Crippen LogP contribution is 2.28. The number of benzene rings is 1. The monoisotopic (exact) mass is 309 g/mol. The molecule has 1 N–H and O–H groups in total. The van der Waals surface area contributed by atoms with Crippen molar-refractivity contribution in [3.8, 4) is 0 Å². The summed E-state index contributed by atoms with van der Waals surface area (Å²) in [6, 6.07) is 8.28. The van der Waals surface area contributed by atoms with Gasteiger partial charge in [0.05, 0.1) is 12.7 Å². The molecule has 2 rings (SSSR count). The third-order valence-electron chi connectivity index (χ3n) is 2.57. The first-order valence-corrected chi connectivity index (χ1v) is 6.96. The number of ether oxygens (including phenoxy) is 1. The highest BCUT2D eigenvalue weighted by molar-refractivity contribution is 7.16. The molecule has 20 heavy (non-hydrogen) atoms. The number of aryl methyl sites for hydroxylation is 1. The van der Waals surface area contributed by atoms with E-state index in [1.165, 1.54) is 18.4 Å². The molecule has 2 aromatic rings. The lowest BCUT2D eigenvalue weighted by Crippen LogP contribution is -2.13. The van der Waals surface area contributed by atoms with Crippen molar-refractivity contribution in [3.05, 3.63) is 51.4 Å². The molecular weight excluding hydrogens is 298 g/mol. The largest absolute Gasteiger partial charge is 0.465 e. The maximum atomic E-state index is 12.1. The van der Waals surface area contributed by atoms with Crippen LogP contribution in [0.1, 0.15) is 25.6 Å². The van der Waals surface area contributed by atoms with E-state index in [-0.39, 0.29) is 5.91 Å². The van der Waals surface area contributed by atoms with Crippen molar-refractivity contribution in [1.29, 1.82) is 0 Å². The zero-order valence-corrected chi connectivity index (χ0v) is 12.5. The molecule has 1 heterocycles.